The van der Waals surface area contributed by atoms with Gasteiger partial charge in [0, 0.05) is 6.61 Å². The van der Waals surface area contributed by atoms with Gasteiger partial charge in [0.05, 0.1) is 13.5 Å². The summed E-state index contributed by atoms with van der Waals surface area (Å²) < 4.78 is 4.61. The van der Waals surface area contributed by atoms with E-state index in [-0.39, 0.29) is 12.6 Å². The Labute approximate surface area is 102 Å². The smallest absolute Gasteiger partial charge is 0.309 e. The molecule has 0 radical (unpaired) electrons. The number of rotatable bonds is 7. The number of carbonyl (C=O) groups excluding carboxylic acids is 1. The molecular formula is C14H20O3. The minimum absolute atomic E-state index is 0.208. The number of hydrogen-bond acceptors (Lipinski definition) is 3. The van der Waals surface area contributed by atoms with Crippen molar-refractivity contribution in [3.8, 4) is 0 Å². The Hall–Kier alpha value is -1.35. The molecule has 94 valence electrons. The molecule has 0 aliphatic carbocycles. The fourth-order valence-electron chi connectivity index (χ4n) is 1.68. The van der Waals surface area contributed by atoms with E-state index in [1.165, 1.54) is 12.7 Å². The van der Waals surface area contributed by atoms with Crippen LogP contribution in [0.25, 0.3) is 0 Å². The summed E-state index contributed by atoms with van der Waals surface area (Å²) in [4.78, 5) is 11.1. The molecule has 0 bridgehead atoms. The average molecular weight is 236 g/mol. The molecule has 17 heavy (non-hydrogen) atoms. The summed E-state index contributed by atoms with van der Waals surface area (Å²) in [5.74, 6) is -0.208. The Balaban J connectivity index is 2.36. The second kappa shape index (κ2) is 7.85. The van der Waals surface area contributed by atoms with Gasteiger partial charge in [-0.15, -0.1) is 0 Å². The number of carbonyl (C=O) groups is 1. The minimum Gasteiger partial charge on any atom is -0.469 e. The monoisotopic (exact) mass is 236 g/mol. The van der Waals surface area contributed by atoms with Gasteiger partial charge in [0.25, 0.3) is 0 Å². The highest BCUT2D eigenvalue weighted by atomic mass is 16.5. The Morgan fingerprint density at radius 2 is 1.76 bits per heavy atom. The van der Waals surface area contributed by atoms with Crippen LogP contribution in [0.15, 0.2) is 24.3 Å². The quantitative estimate of drug-likeness (QED) is 0.582. The number of aryl methyl sites for hydroxylation is 1. The summed E-state index contributed by atoms with van der Waals surface area (Å²) in [6.07, 6.45) is 4.39. The topological polar surface area (TPSA) is 46.5 Å². The van der Waals surface area contributed by atoms with Gasteiger partial charge >= 0.3 is 5.97 Å². The summed E-state index contributed by atoms with van der Waals surface area (Å²) in [5.41, 5.74) is 2.26. The molecule has 0 aliphatic heterocycles. The number of unbranched alkanes of at least 4 members (excludes halogenated alkanes) is 2. The summed E-state index contributed by atoms with van der Waals surface area (Å²) in [5, 5.41) is 8.66. The number of aliphatic hydroxyl groups excluding tert-OH is 1. The Kier molecular flexibility index (Phi) is 6.33. The van der Waals surface area contributed by atoms with Crippen LogP contribution < -0.4 is 0 Å². The van der Waals surface area contributed by atoms with Crippen molar-refractivity contribution < 1.29 is 14.6 Å². The summed E-state index contributed by atoms with van der Waals surface area (Å²) in [7, 11) is 1.40. The second-order valence-electron chi connectivity index (χ2n) is 4.10. The van der Waals surface area contributed by atoms with Crippen LogP contribution in [0.3, 0.4) is 0 Å². The molecule has 0 fully saturated rings. The standard InChI is InChI=1S/C14H20O3/c1-17-14(16)11-13-8-6-12(7-9-13)5-3-2-4-10-15/h6-9,15H,2-5,10-11H2,1H3. The predicted molar refractivity (Wildman–Crippen MR) is 66.8 cm³/mol. The fourth-order valence-corrected chi connectivity index (χ4v) is 1.68. The van der Waals surface area contributed by atoms with Crippen LogP contribution in [0.2, 0.25) is 0 Å². The molecule has 1 aromatic rings. The van der Waals surface area contributed by atoms with E-state index in [9.17, 15) is 4.79 Å². The fraction of sp³-hybridized carbons (Fsp3) is 0.500. The van der Waals surface area contributed by atoms with E-state index in [2.05, 4.69) is 16.9 Å². The third kappa shape index (κ3) is 5.50. The van der Waals surface area contributed by atoms with E-state index in [1.54, 1.807) is 0 Å². The first kappa shape index (κ1) is 13.7. The van der Waals surface area contributed by atoms with E-state index in [0.29, 0.717) is 6.42 Å². The lowest BCUT2D eigenvalue weighted by Crippen LogP contribution is -2.04. The van der Waals surface area contributed by atoms with Gasteiger partial charge in [-0.05, 0) is 30.4 Å². The zero-order chi connectivity index (χ0) is 12.5. The van der Waals surface area contributed by atoms with Gasteiger partial charge in [-0.1, -0.05) is 30.7 Å². The predicted octanol–water partition coefficient (Wildman–Crippen LogP) is 2.11. The molecule has 0 heterocycles. The van der Waals surface area contributed by atoms with E-state index in [1.807, 2.05) is 12.1 Å². The number of ether oxygens (including phenoxy) is 1. The van der Waals surface area contributed by atoms with Crippen LogP contribution in [0.1, 0.15) is 30.4 Å². The maximum atomic E-state index is 11.1. The SMILES string of the molecule is COC(=O)Cc1ccc(CCCCCO)cc1. The Bertz CT molecular complexity index is 330. The van der Waals surface area contributed by atoms with Crippen molar-refractivity contribution in [2.24, 2.45) is 0 Å². The zero-order valence-electron chi connectivity index (χ0n) is 10.3. The van der Waals surface area contributed by atoms with E-state index in [4.69, 9.17) is 5.11 Å². The van der Waals surface area contributed by atoms with Gasteiger partial charge in [-0.2, -0.15) is 0 Å². The van der Waals surface area contributed by atoms with Crippen LogP contribution in [-0.2, 0) is 22.4 Å². The highest BCUT2D eigenvalue weighted by molar-refractivity contribution is 5.72. The first-order valence-corrected chi connectivity index (χ1v) is 6.01. The lowest BCUT2D eigenvalue weighted by molar-refractivity contribution is -0.139. The third-order valence-corrected chi connectivity index (χ3v) is 2.72. The molecule has 3 heteroatoms. The first-order chi connectivity index (χ1) is 8.26. The number of aliphatic hydroxyl groups is 1. The number of benzene rings is 1. The highest BCUT2D eigenvalue weighted by Crippen LogP contribution is 2.09. The molecule has 1 N–H and O–H groups in total. The molecule has 0 amide bonds. The van der Waals surface area contributed by atoms with Crippen LogP contribution >= 0.6 is 0 Å². The van der Waals surface area contributed by atoms with Crippen molar-refractivity contribution in [3.05, 3.63) is 35.4 Å². The third-order valence-electron chi connectivity index (χ3n) is 2.72. The van der Waals surface area contributed by atoms with Gasteiger partial charge in [-0.3, -0.25) is 4.79 Å². The van der Waals surface area contributed by atoms with E-state index < -0.39 is 0 Å². The van der Waals surface area contributed by atoms with Crippen LogP contribution in [0.4, 0.5) is 0 Å². The molecule has 0 unspecified atom stereocenters. The Morgan fingerprint density at radius 1 is 1.12 bits per heavy atom. The first-order valence-electron chi connectivity index (χ1n) is 6.01. The van der Waals surface area contributed by atoms with Gasteiger partial charge in [0.1, 0.15) is 0 Å². The molecule has 0 saturated heterocycles. The van der Waals surface area contributed by atoms with Gasteiger partial charge in [-0.25, -0.2) is 0 Å². The van der Waals surface area contributed by atoms with Crippen molar-refractivity contribution in [2.75, 3.05) is 13.7 Å². The zero-order valence-corrected chi connectivity index (χ0v) is 10.3. The van der Waals surface area contributed by atoms with Crippen molar-refractivity contribution in [3.63, 3.8) is 0 Å². The maximum Gasteiger partial charge on any atom is 0.309 e. The van der Waals surface area contributed by atoms with E-state index >= 15 is 0 Å². The molecule has 0 aliphatic rings. The minimum atomic E-state index is -0.208. The second-order valence-corrected chi connectivity index (χ2v) is 4.10. The molecule has 1 rings (SSSR count). The van der Waals surface area contributed by atoms with Crippen LogP contribution in [0.5, 0.6) is 0 Å². The Morgan fingerprint density at radius 3 is 2.35 bits per heavy atom. The number of methoxy groups -OCH3 is 1. The molecule has 0 atom stereocenters. The van der Waals surface area contributed by atoms with E-state index in [0.717, 1.165) is 31.2 Å². The van der Waals surface area contributed by atoms with Gasteiger partial charge in [0.2, 0.25) is 0 Å². The largest absolute Gasteiger partial charge is 0.469 e. The molecule has 0 aromatic heterocycles. The van der Waals surface area contributed by atoms with Gasteiger partial charge in [0.15, 0.2) is 0 Å². The molecular weight excluding hydrogens is 216 g/mol. The normalized spacial score (nSPS) is 10.2. The average Bonchev–Trinajstić information content (AvgIpc) is 2.36. The maximum absolute atomic E-state index is 11.1. The lowest BCUT2D eigenvalue weighted by Gasteiger charge is -2.03. The summed E-state index contributed by atoms with van der Waals surface area (Å²) >= 11 is 0. The molecule has 0 spiro atoms. The molecule has 3 nitrogen and oxygen atoms in total. The summed E-state index contributed by atoms with van der Waals surface area (Å²) in [6, 6.07) is 8.05. The number of hydrogen-bond donors (Lipinski definition) is 1. The summed E-state index contributed by atoms with van der Waals surface area (Å²) in [6.45, 7) is 0.276. The van der Waals surface area contributed by atoms with Crippen LogP contribution in [0, 0.1) is 0 Å². The van der Waals surface area contributed by atoms with Crippen molar-refractivity contribution in [1.29, 1.82) is 0 Å². The lowest BCUT2D eigenvalue weighted by atomic mass is 10.0. The van der Waals surface area contributed by atoms with Crippen molar-refractivity contribution >= 4 is 5.97 Å². The van der Waals surface area contributed by atoms with Crippen LogP contribution in [-0.4, -0.2) is 24.8 Å². The molecule has 0 saturated carbocycles. The molecule has 1 aromatic carbocycles. The van der Waals surface area contributed by atoms with Gasteiger partial charge < -0.3 is 9.84 Å². The highest BCUT2D eigenvalue weighted by Gasteiger charge is 2.02. The van der Waals surface area contributed by atoms with Crippen molar-refractivity contribution in [2.45, 2.75) is 32.1 Å². The van der Waals surface area contributed by atoms with Crippen molar-refractivity contribution in [1.82, 2.24) is 0 Å². The number of esters is 1.